The van der Waals surface area contributed by atoms with Crippen molar-refractivity contribution < 1.29 is 19.1 Å². The van der Waals surface area contributed by atoms with Gasteiger partial charge >= 0.3 is 12.1 Å². The second-order valence-corrected chi connectivity index (χ2v) is 4.44. The van der Waals surface area contributed by atoms with Gasteiger partial charge in [0.2, 0.25) is 0 Å². The summed E-state index contributed by atoms with van der Waals surface area (Å²) in [5.41, 5.74) is -0.470. The van der Waals surface area contributed by atoms with Gasteiger partial charge < -0.3 is 14.8 Å². The molecule has 0 saturated heterocycles. The van der Waals surface area contributed by atoms with Crippen molar-refractivity contribution in [2.75, 3.05) is 19.8 Å². The Bertz CT molecular complexity index is 251. The van der Waals surface area contributed by atoms with Gasteiger partial charge in [-0.25, -0.2) is 4.79 Å². The molecule has 1 amide bonds. The van der Waals surface area contributed by atoms with Crippen LogP contribution in [-0.2, 0) is 14.3 Å². The van der Waals surface area contributed by atoms with Gasteiger partial charge in [0.25, 0.3) is 0 Å². The third-order valence-electron chi connectivity index (χ3n) is 2.48. The smallest absolute Gasteiger partial charge is 0.407 e. The first-order valence-corrected chi connectivity index (χ1v) is 6.02. The van der Waals surface area contributed by atoms with Crippen molar-refractivity contribution in [1.82, 2.24) is 5.32 Å². The average Bonchev–Trinajstić information content (AvgIpc) is 2.31. The number of hydrogen-bond donors (Lipinski definition) is 1. The van der Waals surface area contributed by atoms with Gasteiger partial charge in [0.05, 0.1) is 18.6 Å². The number of ether oxygens (including phenoxy) is 2. The minimum absolute atomic E-state index is 0.170. The molecule has 0 spiro atoms. The Morgan fingerprint density at radius 3 is 2.29 bits per heavy atom. The van der Waals surface area contributed by atoms with E-state index in [2.05, 4.69) is 5.32 Å². The maximum Gasteiger partial charge on any atom is 0.407 e. The molecular formula is C12H23NO4. The summed E-state index contributed by atoms with van der Waals surface area (Å²) in [6.07, 6.45) is 1.03. The predicted molar refractivity (Wildman–Crippen MR) is 64.7 cm³/mol. The molecule has 0 atom stereocenters. The van der Waals surface area contributed by atoms with Crippen molar-refractivity contribution in [2.24, 2.45) is 5.41 Å². The molecule has 0 unspecified atom stereocenters. The van der Waals surface area contributed by atoms with E-state index in [-0.39, 0.29) is 19.1 Å². The highest BCUT2D eigenvalue weighted by Crippen LogP contribution is 2.21. The molecule has 0 fully saturated rings. The summed E-state index contributed by atoms with van der Waals surface area (Å²) in [5, 5.41) is 2.50. The molecule has 0 saturated carbocycles. The molecule has 0 rings (SSSR count). The van der Waals surface area contributed by atoms with Gasteiger partial charge in [-0.2, -0.15) is 0 Å². The molecule has 0 aromatic rings. The number of alkyl carbamates (subject to hydrolysis) is 1. The fourth-order valence-electron chi connectivity index (χ4n) is 0.882. The highest BCUT2D eigenvalue weighted by Gasteiger charge is 2.26. The molecule has 5 heteroatoms. The Balaban J connectivity index is 3.65. The van der Waals surface area contributed by atoms with Crippen LogP contribution in [0.3, 0.4) is 0 Å². The van der Waals surface area contributed by atoms with Gasteiger partial charge in [0.1, 0.15) is 6.61 Å². The van der Waals surface area contributed by atoms with Crippen LogP contribution in [0, 0.1) is 5.41 Å². The Kier molecular flexibility index (Phi) is 7.34. The molecule has 0 bridgehead atoms. The zero-order chi connectivity index (χ0) is 13.3. The largest absolute Gasteiger partial charge is 0.463 e. The summed E-state index contributed by atoms with van der Waals surface area (Å²) < 4.78 is 9.84. The fourth-order valence-corrected chi connectivity index (χ4v) is 0.882. The van der Waals surface area contributed by atoms with Crippen molar-refractivity contribution >= 4 is 12.1 Å². The van der Waals surface area contributed by atoms with E-state index in [9.17, 15) is 9.59 Å². The first-order chi connectivity index (χ1) is 7.94. The van der Waals surface area contributed by atoms with Crippen LogP contribution in [0.2, 0.25) is 0 Å². The van der Waals surface area contributed by atoms with Crippen molar-refractivity contribution in [3.63, 3.8) is 0 Å². The highest BCUT2D eigenvalue weighted by atomic mass is 16.6. The molecule has 0 radical (unpaired) electrons. The molecule has 0 aliphatic heterocycles. The van der Waals surface area contributed by atoms with Crippen LogP contribution >= 0.6 is 0 Å². The standard InChI is InChI=1S/C12H23NO4/c1-5-8-17-11(15)13-7-9-16-10(14)12(3,4)6-2/h5-9H2,1-4H3,(H,13,15). The van der Waals surface area contributed by atoms with Crippen molar-refractivity contribution in [3.8, 4) is 0 Å². The molecule has 1 N–H and O–H groups in total. The number of nitrogens with one attached hydrogen (secondary N) is 1. The molecule has 5 nitrogen and oxygen atoms in total. The molecule has 0 aliphatic rings. The second kappa shape index (κ2) is 7.92. The minimum atomic E-state index is -0.474. The molecule has 0 aromatic heterocycles. The van der Waals surface area contributed by atoms with Gasteiger partial charge in [0.15, 0.2) is 0 Å². The maximum absolute atomic E-state index is 11.5. The number of carbonyl (C=O) groups excluding carboxylic acids is 2. The van der Waals surface area contributed by atoms with E-state index in [0.29, 0.717) is 6.61 Å². The van der Waals surface area contributed by atoms with E-state index >= 15 is 0 Å². The summed E-state index contributed by atoms with van der Waals surface area (Å²) in [6, 6.07) is 0. The van der Waals surface area contributed by atoms with Gasteiger partial charge in [-0.05, 0) is 26.7 Å². The van der Waals surface area contributed by atoms with Crippen LogP contribution in [0.4, 0.5) is 4.79 Å². The van der Waals surface area contributed by atoms with E-state index < -0.39 is 11.5 Å². The Morgan fingerprint density at radius 1 is 1.12 bits per heavy atom. The maximum atomic E-state index is 11.5. The number of rotatable bonds is 7. The first kappa shape index (κ1) is 15.7. The first-order valence-electron chi connectivity index (χ1n) is 6.02. The summed E-state index contributed by atoms with van der Waals surface area (Å²) >= 11 is 0. The molecule has 0 aromatic carbocycles. The monoisotopic (exact) mass is 245 g/mol. The van der Waals surface area contributed by atoms with Crippen LogP contribution in [0.1, 0.15) is 40.5 Å². The third-order valence-corrected chi connectivity index (χ3v) is 2.48. The quantitative estimate of drug-likeness (QED) is 0.551. The van der Waals surface area contributed by atoms with E-state index in [4.69, 9.17) is 9.47 Å². The lowest BCUT2D eigenvalue weighted by atomic mass is 9.91. The third kappa shape index (κ3) is 6.81. The van der Waals surface area contributed by atoms with Crippen LogP contribution in [0.15, 0.2) is 0 Å². The molecule has 100 valence electrons. The van der Waals surface area contributed by atoms with Crippen LogP contribution in [-0.4, -0.2) is 31.8 Å². The van der Waals surface area contributed by atoms with E-state index in [1.54, 1.807) is 0 Å². The van der Waals surface area contributed by atoms with Crippen LogP contribution in [0.25, 0.3) is 0 Å². The molecule has 0 heterocycles. The average molecular weight is 245 g/mol. The summed E-state index contributed by atoms with van der Waals surface area (Å²) in [5.74, 6) is -0.247. The van der Waals surface area contributed by atoms with Crippen molar-refractivity contribution in [2.45, 2.75) is 40.5 Å². The topological polar surface area (TPSA) is 64.6 Å². The molecule has 0 aliphatic carbocycles. The SMILES string of the molecule is CCCOC(=O)NCCOC(=O)C(C)(C)CC. The number of carbonyl (C=O) groups is 2. The van der Waals surface area contributed by atoms with Gasteiger partial charge in [-0.1, -0.05) is 13.8 Å². The summed E-state index contributed by atoms with van der Waals surface area (Å²) in [6.45, 7) is 8.35. The normalized spacial score (nSPS) is 10.8. The van der Waals surface area contributed by atoms with Gasteiger partial charge in [-0.3, -0.25) is 4.79 Å². The zero-order valence-electron chi connectivity index (χ0n) is 11.2. The molecular weight excluding hydrogens is 222 g/mol. The van der Waals surface area contributed by atoms with E-state index in [1.165, 1.54) is 0 Å². The van der Waals surface area contributed by atoms with Crippen molar-refractivity contribution in [3.05, 3.63) is 0 Å². The number of amides is 1. The lowest BCUT2D eigenvalue weighted by molar-refractivity contribution is -0.153. The Morgan fingerprint density at radius 2 is 1.76 bits per heavy atom. The zero-order valence-corrected chi connectivity index (χ0v) is 11.2. The molecule has 17 heavy (non-hydrogen) atoms. The van der Waals surface area contributed by atoms with E-state index in [1.807, 2.05) is 27.7 Å². The summed E-state index contributed by atoms with van der Waals surface area (Å²) in [7, 11) is 0. The van der Waals surface area contributed by atoms with E-state index in [0.717, 1.165) is 12.8 Å². The predicted octanol–water partition coefficient (Wildman–Crippen LogP) is 2.10. The van der Waals surface area contributed by atoms with Gasteiger partial charge in [-0.15, -0.1) is 0 Å². The fraction of sp³-hybridized carbons (Fsp3) is 0.833. The highest BCUT2D eigenvalue weighted by molar-refractivity contribution is 5.75. The number of hydrogen-bond acceptors (Lipinski definition) is 4. The lowest BCUT2D eigenvalue weighted by Crippen LogP contribution is -2.32. The van der Waals surface area contributed by atoms with Crippen LogP contribution < -0.4 is 5.32 Å². The summed E-state index contributed by atoms with van der Waals surface area (Å²) in [4.78, 5) is 22.6. The second-order valence-electron chi connectivity index (χ2n) is 4.44. The Hall–Kier alpha value is -1.26. The Labute approximate surface area is 103 Å². The number of esters is 1. The lowest BCUT2D eigenvalue weighted by Gasteiger charge is -2.20. The van der Waals surface area contributed by atoms with Crippen LogP contribution in [0.5, 0.6) is 0 Å². The van der Waals surface area contributed by atoms with Gasteiger partial charge in [0, 0.05) is 0 Å². The van der Waals surface area contributed by atoms with Crippen molar-refractivity contribution in [1.29, 1.82) is 0 Å². The minimum Gasteiger partial charge on any atom is -0.463 e.